The van der Waals surface area contributed by atoms with Crippen LogP contribution in [0.2, 0.25) is 0 Å². The Bertz CT molecular complexity index is 1740. The molecule has 3 aromatic heterocycles. The average molecular weight is 603 g/mol. The van der Waals surface area contributed by atoms with Crippen LogP contribution in [0.5, 0.6) is 0 Å². The van der Waals surface area contributed by atoms with Gasteiger partial charge in [-0.2, -0.15) is 9.78 Å². The van der Waals surface area contributed by atoms with E-state index in [-0.39, 0.29) is 17.3 Å². The van der Waals surface area contributed by atoms with Gasteiger partial charge in [0.15, 0.2) is 16.6 Å². The minimum Gasteiger partial charge on any atom is -0.444 e. The van der Waals surface area contributed by atoms with E-state index < -0.39 is 5.60 Å². The maximum absolute atomic E-state index is 13.5. The van der Waals surface area contributed by atoms with Gasteiger partial charge in [-0.05, 0) is 76.4 Å². The summed E-state index contributed by atoms with van der Waals surface area (Å²) in [5, 5.41) is 15.5. The third kappa shape index (κ3) is 5.27. The minimum atomic E-state index is -0.514. The van der Waals surface area contributed by atoms with Crippen molar-refractivity contribution in [2.24, 2.45) is 5.41 Å². The molecule has 2 saturated heterocycles. The number of carbonyl (C=O) groups is 1. The van der Waals surface area contributed by atoms with Crippen molar-refractivity contribution >= 4 is 39.8 Å². The summed E-state index contributed by atoms with van der Waals surface area (Å²) in [6.07, 6.45) is 1.37. The number of aryl methyl sites for hydroxylation is 2. The van der Waals surface area contributed by atoms with Crippen LogP contribution in [0.4, 0.5) is 26.0 Å². The van der Waals surface area contributed by atoms with Gasteiger partial charge in [-0.1, -0.05) is 18.3 Å². The normalized spacial score (nSPS) is 16.0. The zero-order valence-electron chi connectivity index (χ0n) is 25.3. The first-order chi connectivity index (χ1) is 20.4. The lowest BCUT2D eigenvalue weighted by atomic mass is 9.79. The van der Waals surface area contributed by atoms with Crippen LogP contribution in [0.25, 0.3) is 16.9 Å². The van der Waals surface area contributed by atoms with Crippen LogP contribution < -0.4 is 9.80 Å². The summed E-state index contributed by atoms with van der Waals surface area (Å²) >= 11 is 1.28. The number of amides is 1. The second-order valence-electron chi connectivity index (χ2n) is 12.5. The number of likely N-dealkylation sites (tertiary alicyclic amines) is 1. The number of halogens is 1. The van der Waals surface area contributed by atoms with Crippen molar-refractivity contribution in [2.75, 3.05) is 43.0 Å². The molecule has 0 unspecified atom stereocenters. The molecule has 224 valence electrons. The topological polar surface area (TPSA) is 103 Å². The van der Waals surface area contributed by atoms with E-state index in [4.69, 9.17) is 19.8 Å². The van der Waals surface area contributed by atoms with Gasteiger partial charge in [0, 0.05) is 44.2 Å². The van der Waals surface area contributed by atoms with Crippen LogP contribution in [0, 0.1) is 29.5 Å². The molecule has 0 saturated carbocycles. The van der Waals surface area contributed by atoms with Gasteiger partial charge in [0.05, 0.1) is 5.69 Å². The Kier molecular flexibility index (Phi) is 7.04. The van der Waals surface area contributed by atoms with Crippen molar-refractivity contribution in [3.63, 3.8) is 0 Å². The predicted octanol–water partition coefficient (Wildman–Crippen LogP) is 5.95. The number of hydrogen-bond acceptors (Lipinski definition) is 9. The van der Waals surface area contributed by atoms with Crippen molar-refractivity contribution in [1.82, 2.24) is 24.5 Å². The van der Waals surface area contributed by atoms with E-state index >= 15 is 0 Å². The highest BCUT2D eigenvalue weighted by Crippen LogP contribution is 2.43. The number of hydrogen-bond donors (Lipinski definition) is 0. The number of rotatable bonds is 5. The van der Waals surface area contributed by atoms with Gasteiger partial charge < -0.3 is 19.4 Å². The summed E-state index contributed by atoms with van der Waals surface area (Å²) < 4.78 is 21.0. The zero-order chi connectivity index (χ0) is 30.7. The molecule has 1 amide bonds. The second kappa shape index (κ2) is 10.5. The molecule has 10 nitrogen and oxygen atoms in total. The van der Waals surface area contributed by atoms with E-state index in [1.807, 2.05) is 49.1 Å². The third-order valence-corrected chi connectivity index (χ3v) is 9.08. The number of ether oxygens (including phenoxy) is 1. The van der Waals surface area contributed by atoms with Crippen LogP contribution in [-0.2, 0) is 11.2 Å². The smallest absolute Gasteiger partial charge is 0.410 e. The summed E-state index contributed by atoms with van der Waals surface area (Å²) in [5.74, 6) is 1.30. The number of aromatic nitrogens is 4. The molecule has 1 aromatic carbocycles. The fourth-order valence-electron chi connectivity index (χ4n) is 5.94. The van der Waals surface area contributed by atoms with Gasteiger partial charge in [-0.3, -0.25) is 0 Å². The van der Waals surface area contributed by atoms with Crippen molar-refractivity contribution in [1.29, 1.82) is 5.26 Å². The van der Waals surface area contributed by atoms with Gasteiger partial charge in [-0.25, -0.2) is 19.2 Å². The van der Waals surface area contributed by atoms with E-state index in [9.17, 15) is 14.4 Å². The zero-order valence-corrected chi connectivity index (χ0v) is 26.1. The van der Waals surface area contributed by atoms with Crippen molar-refractivity contribution in [2.45, 2.75) is 53.1 Å². The Morgan fingerprint density at radius 1 is 1.21 bits per heavy atom. The molecule has 0 N–H and O–H groups in total. The van der Waals surface area contributed by atoms with Crippen LogP contribution >= 0.6 is 11.3 Å². The number of nitrogens with zero attached hydrogens (tertiary/aromatic N) is 8. The Morgan fingerprint density at radius 3 is 2.58 bits per heavy atom. The molecular weight excluding hydrogens is 567 g/mol. The Balaban J connectivity index is 1.28. The molecule has 0 atom stereocenters. The molecule has 12 heteroatoms. The first-order valence-corrected chi connectivity index (χ1v) is 15.2. The van der Waals surface area contributed by atoms with E-state index in [0.717, 1.165) is 48.1 Å². The molecule has 6 rings (SSSR count). The Labute approximate surface area is 254 Å². The molecule has 5 heterocycles. The molecular formula is C31H35FN8O2S. The quantitative estimate of drug-likeness (QED) is 0.276. The molecule has 2 fully saturated rings. The van der Waals surface area contributed by atoms with Crippen LogP contribution in [0.1, 0.15) is 50.3 Å². The molecule has 0 aliphatic carbocycles. The van der Waals surface area contributed by atoms with Crippen LogP contribution in [0.15, 0.2) is 30.3 Å². The molecule has 43 heavy (non-hydrogen) atoms. The first kappa shape index (κ1) is 28.9. The fourth-order valence-corrected chi connectivity index (χ4v) is 6.79. The molecule has 1 spiro atoms. The number of carbonyl (C=O) groups excluding carboxylic acids is 1. The standard InChI is InChI=1S/C31H35FN8O2S/c1-7-22-27(37(6)28-35-25(23(15-33)43-28)20-8-10-21(32)11-9-20)40-26(34-22)19(2)14-24(36-40)39-17-31(18-39)12-13-38(16-31)29(41)42-30(3,4)5/h8-11,14H,7,12-13,16-18H2,1-6H3. The van der Waals surface area contributed by atoms with Gasteiger partial charge in [0.1, 0.15) is 33.9 Å². The summed E-state index contributed by atoms with van der Waals surface area (Å²) in [4.78, 5) is 28.8. The SMILES string of the molecule is CCc1nc2c(C)cc(N3CC4(CCN(C(=O)OC(C)(C)C)C4)C3)nn2c1N(C)c1nc(-c2ccc(F)cc2)c(C#N)s1. The van der Waals surface area contributed by atoms with E-state index in [2.05, 4.69) is 24.0 Å². The number of fused-ring (bicyclic) bond motifs is 1. The Morgan fingerprint density at radius 2 is 1.93 bits per heavy atom. The van der Waals surface area contributed by atoms with Gasteiger partial charge in [-0.15, -0.1) is 5.10 Å². The van der Waals surface area contributed by atoms with Crippen LogP contribution in [0.3, 0.4) is 0 Å². The summed E-state index contributed by atoms with van der Waals surface area (Å²) in [6, 6.07) is 10.3. The van der Waals surface area contributed by atoms with Crippen molar-refractivity contribution < 1.29 is 13.9 Å². The lowest BCUT2D eigenvalue weighted by Gasteiger charge is -2.48. The molecule has 2 aliphatic rings. The number of thiazole rings is 1. The van der Waals surface area contributed by atoms with E-state index in [1.54, 1.807) is 12.1 Å². The molecule has 0 radical (unpaired) electrons. The maximum atomic E-state index is 13.5. The van der Waals surface area contributed by atoms with Gasteiger partial charge in [0.25, 0.3) is 0 Å². The minimum absolute atomic E-state index is 0.0376. The molecule has 4 aromatic rings. The highest BCUT2D eigenvalue weighted by molar-refractivity contribution is 7.16. The summed E-state index contributed by atoms with van der Waals surface area (Å²) in [7, 11) is 1.91. The van der Waals surface area contributed by atoms with Crippen molar-refractivity contribution in [3.05, 3.63) is 52.3 Å². The first-order valence-electron chi connectivity index (χ1n) is 14.4. The summed E-state index contributed by atoms with van der Waals surface area (Å²) in [6.45, 7) is 12.8. The Hall–Kier alpha value is -4.24. The van der Waals surface area contributed by atoms with E-state index in [0.29, 0.717) is 40.8 Å². The van der Waals surface area contributed by atoms with E-state index in [1.165, 1.54) is 23.5 Å². The lowest BCUT2D eigenvalue weighted by molar-refractivity contribution is 0.0265. The highest BCUT2D eigenvalue weighted by atomic mass is 32.1. The number of nitriles is 1. The van der Waals surface area contributed by atoms with Gasteiger partial charge >= 0.3 is 6.09 Å². The van der Waals surface area contributed by atoms with Crippen LogP contribution in [-0.4, -0.2) is 69.4 Å². The predicted molar refractivity (Wildman–Crippen MR) is 164 cm³/mol. The fraction of sp³-hybridized carbons (Fsp3) is 0.452. The second-order valence-corrected chi connectivity index (χ2v) is 13.5. The summed E-state index contributed by atoms with van der Waals surface area (Å²) in [5.41, 5.74) is 3.37. The number of imidazole rings is 1. The third-order valence-electron chi connectivity index (χ3n) is 8.04. The number of benzene rings is 1. The monoisotopic (exact) mass is 602 g/mol. The van der Waals surface area contributed by atoms with Gasteiger partial charge in [0.2, 0.25) is 0 Å². The average Bonchev–Trinajstić information content (AvgIpc) is 3.66. The maximum Gasteiger partial charge on any atom is 0.410 e. The lowest BCUT2D eigenvalue weighted by Crippen LogP contribution is -2.58. The highest BCUT2D eigenvalue weighted by Gasteiger charge is 2.50. The number of anilines is 3. The van der Waals surface area contributed by atoms with Crippen molar-refractivity contribution in [3.8, 4) is 17.3 Å². The molecule has 2 aliphatic heterocycles. The molecule has 0 bridgehead atoms. The largest absolute Gasteiger partial charge is 0.444 e.